The summed E-state index contributed by atoms with van der Waals surface area (Å²) in [4.78, 5) is 38.0. The standard InChI is InChI=1S/C21H22N2O7/c1-11-6-7-15-14(8-11)23-20(26)21(2,30-15)19(25)22-13-10-17(28-4)16(27-3)9-12(13)18(24)29-5/h6-10H,1-5H3,(H,22,25)(H,23,26). The van der Waals surface area contributed by atoms with Crippen molar-refractivity contribution in [1.29, 1.82) is 0 Å². The van der Waals surface area contributed by atoms with Crippen LogP contribution in [-0.4, -0.2) is 44.7 Å². The van der Waals surface area contributed by atoms with Crippen LogP contribution < -0.4 is 24.8 Å². The molecule has 0 aliphatic carbocycles. The minimum Gasteiger partial charge on any atom is -0.493 e. The highest BCUT2D eigenvalue weighted by atomic mass is 16.5. The Balaban J connectivity index is 1.97. The first-order valence-electron chi connectivity index (χ1n) is 9.00. The maximum absolute atomic E-state index is 13.1. The molecule has 30 heavy (non-hydrogen) atoms. The van der Waals surface area contributed by atoms with E-state index in [2.05, 4.69) is 10.6 Å². The van der Waals surface area contributed by atoms with E-state index in [1.807, 2.05) is 6.92 Å². The first-order chi connectivity index (χ1) is 14.2. The average Bonchev–Trinajstić information content (AvgIpc) is 2.73. The van der Waals surface area contributed by atoms with Crippen LogP contribution in [-0.2, 0) is 14.3 Å². The van der Waals surface area contributed by atoms with Crippen LogP contribution in [0.1, 0.15) is 22.8 Å². The third-order valence-corrected chi connectivity index (χ3v) is 4.74. The number of carbonyl (C=O) groups is 3. The molecule has 0 spiro atoms. The number of nitrogens with one attached hydrogen (secondary N) is 2. The number of carbonyl (C=O) groups excluding carboxylic acids is 3. The third-order valence-electron chi connectivity index (χ3n) is 4.74. The van der Waals surface area contributed by atoms with Crippen LogP contribution in [0.25, 0.3) is 0 Å². The van der Waals surface area contributed by atoms with Crippen molar-refractivity contribution in [2.45, 2.75) is 19.4 Å². The number of benzene rings is 2. The van der Waals surface area contributed by atoms with Crippen molar-refractivity contribution in [1.82, 2.24) is 0 Å². The van der Waals surface area contributed by atoms with Gasteiger partial charge in [0, 0.05) is 12.1 Å². The summed E-state index contributed by atoms with van der Waals surface area (Å²) in [5.74, 6) is -1.20. The second kappa shape index (κ2) is 7.94. The molecule has 1 heterocycles. The number of fused-ring (bicyclic) bond motifs is 1. The van der Waals surface area contributed by atoms with Gasteiger partial charge in [-0.05, 0) is 31.5 Å². The summed E-state index contributed by atoms with van der Waals surface area (Å²) in [6.07, 6.45) is 0. The van der Waals surface area contributed by atoms with E-state index >= 15 is 0 Å². The largest absolute Gasteiger partial charge is 0.493 e. The molecule has 1 unspecified atom stereocenters. The van der Waals surface area contributed by atoms with Gasteiger partial charge in [0.2, 0.25) is 0 Å². The average molecular weight is 414 g/mol. The number of anilines is 2. The Labute approximate surface area is 173 Å². The molecule has 158 valence electrons. The number of rotatable bonds is 5. The van der Waals surface area contributed by atoms with E-state index in [1.165, 1.54) is 40.4 Å². The zero-order valence-corrected chi connectivity index (χ0v) is 17.2. The molecule has 0 saturated heterocycles. The van der Waals surface area contributed by atoms with E-state index in [0.717, 1.165) is 5.56 Å². The molecule has 2 N–H and O–H groups in total. The maximum atomic E-state index is 13.1. The minimum atomic E-state index is -1.87. The number of esters is 1. The normalized spacial score (nSPS) is 17.2. The van der Waals surface area contributed by atoms with Crippen LogP contribution in [0.3, 0.4) is 0 Å². The monoisotopic (exact) mass is 414 g/mol. The molecule has 1 atom stereocenters. The topological polar surface area (TPSA) is 112 Å². The predicted octanol–water partition coefficient (Wildman–Crippen LogP) is 2.53. The fourth-order valence-corrected chi connectivity index (χ4v) is 2.99. The van der Waals surface area contributed by atoms with Crippen LogP contribution >= 0.6 is 0 Å². The van der Waals surface area contributed by atoms with Crippen LogP contribution in [0.2, 0.25) is 0 Å². The molecular weight excluding hydrogens is 392 g/mol. The van der Waals surface area contributed by atoms with E-state index in [4.69, 9.17) is 18.9 Å². The molecule has 2 aromatic rings. The molecule has 1 aliphatic heterocycles. The van der Waals surface area contributed by atoms with Crippen LogP contribution in [0, 0.1) is 6.92 Å². The summed E-state index contributed by atoms with van der Waals surface area (Å²) in [5.41, 5.74) is -0.357. The highest BCUT2D eigenvalue weighted by Crippen LogP contribution is 2.37. The number of ether oxygens (including phenoxy) is 4. The number of hydrogen-bond acceptors (Lipinski definition) is 7. The molecule has 3 rings (SSSR count). The highest BCUT2D eigenvalue weighted by Gasteiger charge is 2.47. The molecule has 0 saturated carbocycles. The summed E-state index contributed by atoms with van der Waals surface area (Å²) >= 11 is 0. The Morgan fingerprint density at radius 1 is 1.07 bits per heavy atom. The van der Waals surface area contributed by atoms with Crippen molar-refractivity contribution >= 4 is 29.2 Å². The molecule has 9 nitrogen and oxygen atoms in total. The number of aryl methyl sites for hydroxylation is 1. The first-order valence-corrected chi connectivity index (χ1v) is 9.00. The van der Waals surface area contributed by atoms with Gasteiger partial charge in [0.05, 0.1) is 38.3 Å². The quantitative estimate of drug-likeness (QED) is 0.571. The van der Waals surface area contributed by atoms with Crippen molar-refractivity contribution in [3.8, 4) is 17.2 Å². The van der Waals surface area contributed by atoms with Gasteiger partial charge in [-0.1, -0.05) is 6.07 Å². The van der Waals surface area contributed by atoms with Gasteiger partial charge in [0.1, 0.15) is 5.75 Å². The van der Waals surface area contributed by atoms with Crippen molar-refractivity contribution in [3.05, 3.63) is 41.5 Å². The fraction of sp³-hybridized carbons (Fsp3) is 0.286. The zero-order chi connectivity index (χ0) is 22.1. The molecule has 0 radical (unpaired) electrons. The molecule has 0 bridgehead atoms. The maximum Gasteiger partial charge on any atom is 0.340 e. The van der Waals surface area contributed by atoms with E-state index in [0.29, 0.717) is 11.4 Å². The number of methoxy groups -OCH3 is 3. The lowest BCUT2D eigenvalue weighted by atomic mass is 10.0. The fourth-order valence-electron chi connectivity index (χ4n) is 2.99. The smallest absolute Gasteiger partial charge is 0.340 e. The van der Waals surface area contributed by atoms with Gasteiger partial charge in [-0.2, -0.15) is 0 Å². The van der Waals surface area contributed by atoms with Crippen molar-refractivity contribution in [3.63, 3.8) is 0 Å². The molecule has 0 aromatic heterocycles. The molecular formula is C21H22N2O7. The SMILES string of the molecule is COC(=O)c1cc(OC)c(OC)cc1NC(=O)C1(C)Oc2ccc(C)cc2NC1=O. The van der Waals surface area contributed by atoms with Crippen molar-refractivity contribution in [2.75, 3.05) is 32.0 Å². The van der Waals surface area contributed by atoms with Crippen molar-refractivity contribution < 1.29 is 33.3 Å². The zero-order valence-electron chi connectivity index (χ0n) is 17.2. The Kier molecular flexibility index (Phi) is 5.55. The molecule has 2 amide bonds. The minimum absolute atomic E-state index is 0.0272. The predicted molar refractivity (Wildman–Crippen MR) is 108 cm³/mol. The summed E-state index contributed by atoms with van der Waals surface area (Å²) < 4.78 is 21.0. The second-order valence-electron chi connectivity index (χ2n) is 6.79. The summed E-state index contributed by atoms with van der Waals surface area (Å²) in [6.45, 7) is 3.22. The second-order valence-corrected chi connectivity index (χ2v) is 6.79. The van der Waals surface area contributed by atoms with E-state index in [9.17, 15) is 14.4 Å². The van der Waals surface area contributed by atoms with Gasteiger partial charge in [0.15, 0.2) is 11.5 Å². The molecule has 1 aliphatic rings. The Hall–Kier alpha value is -3.75. The van der Waals surface area contributed by atoms with E-state index < -0.39 is 23.4 Å². The number of hydrogen-bond donors (Lipinski definition) is 2. The van der Waals surface area contributed by atoms with Gasteiger partial charge in [0.25, 0.3) is 17.4 Å². The van der Waals surface area contributed by atoms with Gasteiger partial charge >= 0.3 is 5.97 Å². The highest BCUT2D eigenvalue weighted by molar-refractivity contribution is 6.19. The van der Waals surface area contributed by atoms with Crippen molar-refractivity contribution in [2.24, 2.45) is 0 Å². The Morgan fingerprint density at radius 2 is 1.73 bits per heavy atom. The van der Waals surface area contributed by atoms with Gasteiger partial charge in [-0.25, -0.2) is 4.79 Å². The van der Waals surface area contributed by atoms with Crippen LogP contribution in [0.4, 0.5) is 11.4 Å². The third kappa shape index (κ3) is 3.61. The lowest BCUT2D eigenvalue weighted by molar-refractivity contribution is -0.143. The molecule has 0 fully saturated rings. The Morgan fingerprint density at radius 3 is 2.37 bits per heavy atom. The first kappa shape index (κ1) is 21.0. The van der Waals surface area contributed by atoms with Gasteiger partial charge in [-0.15, -0.1) is 0 Å². The van der Waals surface area contributed by atoms with E-state index in [1.54, 1.807) is 18.2 Å². The molecule has 2 aromatic carbocycles. The summed E-state index contributed by atoms with van der Waals surface area (Å²) in [5, 5.41) is 5.26. The number of amides is 2. The lowest BCUT2D eigenvalue weighted by Gasteiger charge is -2.33. The van der Waals surface area contributed by atoms with E-state index in [-0.39, 0.29) is 22.7 Å². The summed E-state index contributed by atoms with van der Waals surface area (Å²) in [7, 11) is 4.04. The Bertz CT molecular complexity index is 1030. The van der Waals surface area contributed by atoms with Crippen LogP contribution in [0.5, 0.6) is 17.2 Å². The lowest BCUT2D eigenvalue weighted by Crippen LogP contribution is -2.56. The van der Waals surface area contributed by atoms with Crippen LogP contribution in [0.15, 0.2) is 30.3 Å². The summed E-state index contributed by atoms with van der Waals surface area (Å²) in [6, 6.07) is 8.01. The van der Waals surface area contributed by atoms with Gasteiger partial charge in [-0.3, -0.25) is 9.59 Å². The molecule has 9 heteroatoms. The van der Waals surface area contributed by atoms with Gasteiger partial charge < -0.3 is 29.6 Å².